The summed E-state index contributed by atoms with van der Waals surface area (Å²) in [6, 6.07) is 6.68. The lowest BCUT2D eigenvalue weighted by Gasteiger charge is -2.22. The molecule has 0 atom stereocenters. The quantitative estimate of drug-likeness (QED) is 0.800. The van der Waals surface area contributed by atoms with Crippen molar-refractivity contribution in [1.82, 2.24) is 0 Å². The molecule has 0 spiro atoms. The highest BCUT2D eigenvalue weighted by Crippen LogP contribution is 2.21. The fourth-order valence-corrected chi connectivity index (χ4v) is 2.60. The topological polar surface area (TPSA) is 89.7 Å². The zero-order chi connectivity index (χ0) is 14.5. The molecule has 7 heteroatoms. The number of anilines is 1. The summed E-state index contributed by atoms with van der Waals surface area (Å²) in [5, 5.41) is 0. The Bertz CT molecular complexity index is 525. The minimum absolute atomic E-state index is 0.155. The lowest BCUT2D eigenvalue weighted by molar-refractivity contribution is -0.118. The molecule has 6 nitrogen and oxygen atoms in total. The molecule has 0 saturated carbocycles. The second kappa shape index (κ2) is 6.42. The lowest BCUT2D eigenvalue weighted by atomic mass is 10.2. The Hall–Kier alpha value is -1.76. The molecule has 0 aromatic heterocycles. The van der Waals surface area contributed by atoms with Crippen LogP contribution in [0.5, 0.6) is 5.75 Å². The van der Waals surface area contributed by atoms with E-state index < -0.39 is 15.9 Å². The van der Waals surface area contributed by atoms with E-state index in [1.807, 2.05) is 0 Å². The van der Waals surface area contributed by atoms with Gasteiger partial charge in [0.05, 0.1) is 19.1 Å². The van der Waals surface area contributed by atoms with Gasteiger partial charge in [-0.1, -0.05) is 0 Å². The third-order valence-corrected chi connectivity index (χ3v) is 3.74. The molecule has 1 rings (SSSR count). The van der Waals surface area contributed by atoms with Crippen molar-refractivity contribution in [2.24, 2.45) is 5.73 Å². The van der Waals surface area contributed by atoms with Gasteiger partial charge in [0.25, 0.3) is 0 Å². The molecule has 0 aliphatic heterocycles. The van der Waals surface area contributed by atoms with E-state index in [9.17, 15) is 13.2 Å². The number of rotatable bonds is 7. The minimum Gasteiger partial charge on any atom is -0.497 e. The van der Waals surface area contributed by atoms with Crippen LogP contribution in [0.4, 0.5) is 5.69 Å². The van der Waals surface area contributed by atoms with Crippen LogP contribution in [0, 0.1) is 0 Å². The number of nitrogens with zero attached hydrogens (tertiary/aromatic N) is 1. The molecule has 0 aliphatic carbocycles. The van der Waals surface area contributed by atoms with Crippen molar-refractivity contribution in [3.8, 4) is 5.75 Å². The predicted octanol–water partition coefficient (Wildman–Crippen LogP) is 0.727. The number of sulfonamides is 1. The molecular weight excluding hydrogens is 268 g/mol. The van der Waals surface area contributed by atoms with E-state index in [1.165, 1.54) is 11.4 Å². The fourth-order valence-electron chi connectivity index (χ4n) is 1.63. The van der Waals surface area contributed by atoms with Gasteiger partial charge in [-0.3, -0.25) is 9.10 Å². The molecule has 0 saturated heterocycles. The Balaban J connectivity index is 2.87. The van der Waals surface area contributed by atoms with Crippen LogP contribution < -0.4 is 14.8 Å². The third kappa shape index (κ3) is 4.78. The van der Waals surface area contributed by atoms with E-state index in [4.69, 9.17) is 10.5 Å². The molecule has 106 valence electrons. The molecule has 1 amide bonds. The van der Waals surface area contributed by atoms with Crippen LogP contribution in [0.1, 0.15) is 12.8 Å². The van der Waals surface area contributed by atoms with Crippen LogP contribution in [-0.2, 0) is 14.8 Å². The summed E-state index contributed by atoms with van der Waals surface area (Å²) in [7, 11) is -1.86. The Morgan fingerprint density at radius 1 is 1.32 bits per heavy atom. The van der Waals surface area contributed by atoms with Crippen molar-refractivity contribution in [2.45, 2.75) is 12.8 Å². The van der Waals surface area contributed by atoms with Gasteiger partial charge in [0.15, 0.2) is 0 Å². The third-order valence-electron chi connectivity index (χ3n) is 2.55. The van der Waals surface area contributed by atoms with E-state index in [0.29, 0.717) is 17.9 Å². The fraction of sp³-hybridized carbons (Fsp3) is 0.417. The predicted molar refractivity (Wildman–Crippen MR) is 73.6 cm³/mol. The highest BCUT2D eigenvalue weighted by molar-refractivity contribution is 7.92. The molecule has 1 aromatic carbocycles. The lowest BCUT2D eigenvalue weighted by Crippen LogP contribution is -2.31. The van der Waals surface area contributed by atoms with Gasteiger partial charge in [-0.15, -0.1) is 0 Å². The smallest absolute Gasteiger partial charge is 0.232 e. The Morgan fingerprint density at radius 3 is 2.32 bits per heavy atom. The largest absolute Gasteiger partial charge is 0.497 e. The maximum Gasteiger partial charge on any atom is 0.232 e. The monoisotopic (exact) mass is 286 g/mol. The molecule has 1 aromatic rings. The van der Waals surface area contributed by atoms with Crippen molar-refractivity contribution in [3.05, 3.63) is 24.3 Å². The first-order valence-electron chi connectivity index (χ1n) is 5.74. The number of ether oxygens (including phenoxy) is 1. The summed E-state index contributed by atoms with van der Waals surface area (Å²) >= 11 is 0. The van der Waals surface area contributed by atoms with Gasteiger partial charge in [-0.05, 0) is 30.7 Å². The minimum atomic E-state index is -3.40. The molecule has 2 N–H and O–H groups in total. The van der Waals surface area contributed by atoms with Gasteiger partial charge in [0, 0.05) is 13.0 Å². The van der Waals surface area contributed by atoms with Crippen molar-refractivity contribution in [2.75, 3.05) is 24.2 Å². The number of hydrogen-bond acceptors (Lipinski definition) is 4. The Kier molecular flexibility index (Phi) is 5.17. The average Bonchev–Trinajstić information content (AvgIpc) is 2.33. The number of benzene rings is 1. The molecule has 0 bridgehead atoms. The highest BCUT2D eigenvalue weighted by Gasteiger charge is 2.17. The van der Waals surface area contributed by atoms with Gasteiger partial charge < -0.3 is 10.5 Å². The van der Waals surface area contributed by atoms with Crippen molar-refractivity contribution in [1.29, 1.82) is 0 Å². The van der Waals surface area contributed by atoms with Gasteiger partial charge in [0.1, 0.15) is 5.75 Å². The summed E-state index contributed by atoms with van der Waals surface area (Å²) < 4.78 is 29.7. The normalized spacial score (nSPS) is 11.1. The second-order valence-electron chi connectivity index (χ2n) is 4.10. The standard InChI is InChI=1S/C12H18N2O4S/c1-18-11-7-5-10(6-8-11)14(19(2,16)17)9-3-4-12(13)15/h5-8H,3-4,9H2,1-2H3,(H2,13,15). The molecule has 0 unspecified atom stereocenters. The summed E-state index contributed by atoms with van der Waals surface area (Å²) in [5.41, 5.74) is 5.58. The summed E-state index contributed by atoms with van der Waals surface area (Å²) in [6.07, 6.45) is 1.66. The molecule has 0 aliphatic rings. The van der Waals surface area contributed by atoms with Gasteiger partial charge in [0.2, 0.25) is 15.9 Å². The zero-order valence-electron chi connectivity index (χ0n) is 11.0. The SMILES string of the molecule is COc1ccc(N(CCCC(N)=O)S(C)(=O)=O)cc1. The van der Waals surface area contributed by atoms with Crippen molar-refractivity contribution in [3.63, 3.8) is 0 Å². The van der Waals surface area contributed by atoms with Crippen LogP contribution in [0.15, 0.2) is 24.3 Å². The second-order valence-corrected chi connectivity index (χ2v) is 6.01. The number of hydrogen-bond donors (Lipinski definition) is 1. The average molecular weight is 286 g/mol. The van der Waals surface area contributed by atoms with Crippen molar-refractivity contribution >= 4 is 21.6 Å². The van der Waals surface area contributed by atoms with E-state index in [2.05, 4.69) is 0 Å². The van der Waals surface area contributed by atoms with Gasteiger partial charge in [-0.25, -0.2) is 8.42 Å². The number of methoxy groups -OCH3 is 1. The summed E-state index contributed by atoms with van der Waals surface area (Å²) in [6.45, 7) is 0.216. The van der Waals surface area contributed by atoms with Crippen LogP contribution in [0.25, 0.3) is 0 Å². The van der Waals surface area contributed by atoms with E-state index in [1.54, 1.807) is 24.3 Å². The molecule has 0 radical (unpaired) electrons. The first kappa shape index (κ1) is 15.3. The maximum atomic E-state index is 11.7. The number of primary amides is 1. The van der Waals surface area contributed by atoms with E-state index in [0.717, 1.165) is 6.26 Å². The van der Waals surface area contributed by atoms with Gasteiger partial charge in [-0.2, -0.15) is 0 Å². The first-order valence-corrected chi connectivity index (χ1v) is 7.59. The van der Waals surface area contributed by atoms with Crippen LogP contribution >= 0.6 is 0 Å². The summed E-state index contributed by atoms with van der Waals surface area (Å²) in [5.74, 6) is 0.206. The number of carbonyl (C=O) groups excluding carboxylic acids is 1. The van der Waals surface area contributed by atoms with Crippen molar-refractivity contribution < 1.29 is 17.9 Å². The van der Waals surface area contributed by atoms with Crippen LogP contribution in [0.2, 0.25) is 0 Å². The molecule has 0 heterocycles. The molecule has 0 fully saturated rings. The maximum absolute atomic E-state index is 11.7. The summed E-state index contributed by atoms with van der Waals surface area (Å²) in [4.78, 5) is 10.7. The number of carbonyl (C=O) groups is 1. The zero-order valence-corrected chi connectivity index (χ0v) is 11.8. The highest BCUT2D eigenvalue weighted by atomic mass is 32.2. The van der Waals surface area contributed by atoms with Crippen LogP contribution in [-0.4, -0.2) is 34.2 Å². The first-order chi connectivity index (χ1) is 8.84. The number of nitrogens with two attached hydrogens (primary N) is 1. The van der Waals surface area contributed by atoms with E-state index in [-0.39, 0.29) is 13.0 Å². The molecule has 19 heavy (non-hydrogen) atoms. The Morgan fingerprint density at radius 2 is 1.89 bits per heavy atom. The van der Waals surface area contributed by atoms with E-state index >= 15 is 0 Å². The van der Waals surface area contributed by atoms with Crippen LogP contribution in [0.3, 0.4) is 0 Å². The van der Waals surface area contributed by atoms with Gasteiger partial charge >= 0.3 is 0 Å². The Labute approximate surface area is 113 Å². The number of amides is 1. The molecular formula is C12H18N2O4S.